The van der Waals surface area contributed by atoms with Gasteiger partial charge in [-0.3, -0.25) is 0 Å². The molecule has 0 bridgehead atoms. The van der Waals surface area contributed by atoms with Crippen LogP contribution in [0.1, 0.15) is 45.4 Å². The summed E-state index contributed by atoms with van der Waals surface area (Å²) in [6, 6.07) is 10.1. The predicted molar refractivity (Wildman–Crippen MR) is 128 cm³/mol. The van der Waals surface area contributed by atoms with Gasteiger partial charge in [0.15, 0.2) is 5.11 Å². The van der Waals surface area contributed by atoms with Crippen molar-refractivity contribution < 1.29 is 4.74 Å². The van der Waals surface area contributed by atoms with E-state index < -0.39 is 0 Å². The van der Waals surface area contributed by atoms with Gasteiger partial charge in [-0.15, -0.1) is 11.3 Å². The molecule has 158 valence electrons. The molecule has 0 aliphatic carbocycles. The number of ether oxygens (including phenoxy) is 1. The molecule has 29 heavy (non-hydrogen) atoms. The molecular weight excluding hydrogens is 422 g/mol. The summed E-state index contributed by atoms with van der Waals surface area (Å²) < 4.78 is 5.49. The molecule has 1 aromatic heterocycles. The van der Waals surface area contributed by atoms with Gasteiger partial charge in [0, 0.05) is 33.1 Å². The first kappa shape index (κ1) is 22.3. The van der Waals surface area contributed by atoms with Gasteiger partial charge in [0.05, 0.1) is 19.3 Å². The summed E-state index contributed by atoms with van der Waals surface area (Å²) in [4.78, 5) is 3.63. The van der Waals surface area contributed by atoms with E-state index in [0.717, 1.165) is 25.1 Å². The standard InChI is InChI=1S/C22H30ClN3OS2/c1-21(2)12-16(13-22(3,4)25-21)26(14-17-7-6-10-29-17)20(28)24-18-9-8-15(23)11-19(18)27-5/h6-11,16,25H,12-14H2,1-5H3,(H,24,28). The number of anilines is 1. The first-order chi connectivity index (χ1) is 13.6. The van der Waals surface area contributed by atoms with E-state index in [2.05, 4.69) is 60.7 Å². The fourth-order valence-electron chi connectivity index (χ4n) is 4.38. The summed E-state index contributed by atoms with van der Waals surface area (Å²) in [7, 11) is 1.64. The molecule has 2 aromatic rings. The Bertz CT molecular complexity index is 836. The minimum absolute atomic E-state index is 0.0354. The number of piperidine rings is 1. The highest BCUT2D eigenvalue weighted by Gasteiger charge is 2.40. The maximum atomic E-state index is 6.12. The zero-order chi connectivity index (χ0) is 21.2. The van der Waals surface area contributed by atoms with Crippen molar-refractivity contribution in [3.63, 3.8) is 0 Å². The third-order valence-corrected chi connectivity index (χ3v) is 6.61. The Labute approximate surface area is 188 Å². The number of thiophene rings is 1. The van der Waals surface area contributed by atoms with E-state index in [1.165, 1.54) is 4.88 Å². The van der Waals surface area contributed by atoms with Gasteiger partial charge >= 0.3 is 0 Å². The molecular formula is C22H30ClN3OS2. The van der Waals surface area contributed by atoms with Crippen LogP contribution in [-0.2, 0) is 6.54 Å². The van der Waals surface area contributed by atoms with Crippen molar-refractivity contribution in [1.82, 2.24) is 10.2 Å². The van der Waals surface area contributed by atoms with Crippen molar-refractivity contribution in [2.75, 3.05) is 12.4 Å². The zero-order valence-electron chi connectivity index (χ0n) is 17.7. The Morgan fingerprint density at radius 1 is 1.28 bits per heavy atom. The molecule has 1 aliphatic rings. The second kappa shape index (κ2) is 8.80. The first-order valence-electron chi connectivity index (χ1n) is 9.81. The molecule has 2 heterocycles. The minimum Gasteiger partial charge on any atom is -0.495 e. The first-order valence-corrected chi connectivity index (χ1v) is 11.5. The number of halogens is 1. The van der Waals surface area contributed by atoms with E-state index in [9.17, 15) is 0 Å². The summed E-state index contributed by atoms with van der Waals surface area (Å²) in [6.45, 7) is 9.86. The van der Waals surface area contributed by atoms with Gasteiger partial charge in [0.2, 0.25) is 0 Å². The monoisotopic (exact) mass is 451 g/mol. The van der Waals surface area contributed by atoms with Crippen molar-refractivity contribution in [2.45, 2.75) is 64.2 Å². The van der Waals surface area contributed by atoms with E-state index in [-0.39, 0.29) is 11.1 Å². The third kappa shape index (κ3) is 5.85. The Kier molecular flexibility index (Phi) is 6.78. The Morgan fingerprint density at radius 2 is 1.97 bits per heavy atom. The third-order valence-electron chi connectivity index (χ3n) is 5.18. The molecule has 0 amide bonds. The molecule has 1 saturated heterocycles. The molecule has 0 spiro atoms. The van der Waals surface area contributed by atoms with Crippen molar-refractivity contribution in [3.8, 4) is 5.75 Å². The van der Waals surface area contributed by atoms with Crippen LogP contribution in [0, 0.1) is 0 Å². The van der Waals surface area contributed by atoms with Crippen LogP contribution in [0.2, 0.25) is 5.02 Å². The number of methoxy groups -OCH3 is 1. The van der Waals surface area contributed by atoms with Crippen molar-refractivity contribution in [3.05, 3.63) is 45.6 Å². The molecule has 0 radical (unpaired) electrons. The quantitative estimate of drug-likeness (QED) is 0.552. The highest BCUT2D eigenvalue weighted by atomic mass is 35.5. The average Bonchev–Trinajstić information content (AvgIpc) is 3.11. The smallest absolute Gasteiger partial charge is 0.174 e. The lowest BCUT2D eigenvalue weighted by molar-refractivity contribution is 0.102. The fraction of sp³-hybridized carbons (Fsp3) is 0.500. The number of hydrogen-bond acceptors (Lipinski definition) is 4. The Hall–Kier alpha value is -1.34. The van der Waals surface area contributed by atoms with Crippen LogP contribution >= 0.6 is 35.2 Å². The topological polar surface area (TPSA) is 36.5 Å². The summed E-state index contributed by atoms with van der Waals surface area (Å²) in [6.07, 6.45) is 2.03. The van der Waals surface area contributed by atoms with Crippen LogP contribution in [0.25, 0.3) is 0 Å². The molecule has 1 aliphatic heterocycles. The molecule has 0 unspecified atom stereocenters. The second-order valence-electron chi connectivity index (χ2n) is 8.94. The average molecular weight is 452 g/mol. The van der Waals surface area contributed by atoms with E-state index in [1.54, 1.807) is 24.5 Å². The van der Waals surface area contributed by atoms with Gasteiger partial charge in [-0.05, 0) is 76.3 Å². The maximum absolute atomic E-state index is 6.12. The fourth-order valence-corrected chi connectivity index (χ4v) is 5.57. The van der Waals surface area contributed by atoms with Gasteiger partial charge < -0.3 is 20.3 Å². The van der Waals surface area contributed by atoms with Gasteiger partial charge in [0.1, 0.15) is 5.75 Å². The lowest BCUT2D eigenvalue weighted by Gasteiger charge is -2.50. The zero-order valence-corrected chi connectivity index (χ0v) is 20.1. The predicted octanol–water partition coefficient (Wildman–Crippen LogP) is 5.92. The minimum atomic E-state index is 0.0354. The van der Waals surface area contributed by atoms with Crippen LogP contribution in [0.3, 0.4) is 0 Å². The van der Waals surface area contributed by atoms with Crippen LogP contribution in [0.5, 0.6) is 5.75 Å². The van der Waals surface area contributed by atoms with Gasteiger partial charge in [0.25, 0.3) is 0 Å². The Morgan fingerprint density at radius 3 is 2.55 bits per heavy atom. The largest absolute Gasteiger partial charge is 0.495 e. The van der Waals surface area contributed by atoms with E-state index >= 15 is 0 Å². The van der Waals surface area contributed by atoms with Crippen molar-refractivity contribution in [1.29, 1.82) is 0 Å². The van der Waals surface area contributed by atoms with Gasteiger partial charge in [-0.1, -0.05) is 17.7 Å². The summed E-state index contributed by atoms with van der Waals surface area (Å²) in [5, 5.41) is 10.6. The van der Waals surface area contributed by atoms with Crippen LogP contribution in [0.15, 0.2) is 35.7 Å². The number of thiocarbonyl (C=S) groups is 1. The maximum Gasteiger partial charge on any atom is 0.174 e. The van der Waals surface area contributed by atoms with Crippen LogP contribution in [0.4, 0.5) is 5.69 Å². The van der Waals surface area contributed by atoms with Crippen LogP contribution < -0.4 is 15.4 Å². The highest BCUT2D eigenvalue weighted by molar-refractivity contribution is 7.80. The van der Waals surface area contributed by atoms with Crippen molar-refractivity contribution in [2.24, 2.45) is 0 Å². The van der Waals surface area contributed by atoms with E-state index in [1.807, 2.05) is 12.1 Å². The number of nitrogens with one attached hydrogen (secondary N) is 2. The molecule has 2 N–H and O–H groups in total. The molecule has 0 saturated carbocycles. The van der Waals surface area contributed by atoms with E-state index in [4.69, 9.17) is 28.6 Å². The summed E-state index contributed by atoms with van der Waals surface area (Å²) in [5.41, 5.74) is 0.895. The number of rotatable bonds is 5. The molecule has 1 aromatic carbocycles. The molecule has 3 rings (SSSR count). The lowest BCUT2D eigenvalue weighted by atomic mass is 9.79. The molecule has 4 nitrogen and oxygen atoms in total. The van der Waals surface area contributed by atoms with Gasteiger partial charge in [-0.25, -0.2) is 0 Å². The lowest BCUT2D eigenvalue weighted by Crippen LogP contribution is -2.63. The summed E-state index contributed by atoms with van der Waals surface area (Å²) in [5.74, 6) is 0.682. The van der Waals surface area contributed by atoms with Gasteiger partial charge in [-0.2, -0.15) is 0 Å². The summed E-state index contributed by atoms with van der Waals surface area (Å²) >= 11 is 13.8. The number of hydrogen-bond donors (Lipinski definition) is 2. The Balaban J connectivity index is 1.88. The highest BCUT2D eigenvalue weighted by Crippen LogP contribution is 2.34. The molecule has 0 atom stereocenters. The molecule has 1 fully saturated rings. The van der Waals surface area contributed by atoms with E-state index in [0.29, 0.717) is 21.9 Å². The van der Waals surface area contributed by atoms with Crippen molar-refractivity contribution >= 4 is 46.0 Å². The number of benzene rings is 1. The normalized spacial score (nSPS) is 18.3. The second-order valence-corrected chi connectivity index (χ2v) is 10.8. The SMILES string of the molecule is COc1cc(Cl)ccc1NC(=S)N(Cc1cccs1)C1CC(C)(C)NC(C)(C)C1. The number of nitrogens with zero attached hydrogens (tertiary/aromatic N) is 1. The molecule has 7 heteroatoms. The van der Waals surface area contributed by atoms with Crippen LogP contribution in [-0.4, -0.2) is 34.2 Å².